The van der Waals surface area contributed by atoms with Crippen molar-refractivity contribution in [2.24, 2.45) is 0 Å². The Labute approximate surface area is 213 Å². The van der Waals surface area contributed by atoms with E-state index in [1.54, 1.807) is 24.3 Å². The molecule has 2 atom stereocenters. The third-order valence-corrected chi connectivity index (χ3v) is 6.42. The Bertz CT molecular complexity index is 1540. The average molecular weight is 529 g/mol. The molecule has 2 unspecified atom stereocenters. The molecule has 2 N–H and O–H groups in total. The number of aromatic nitrogens is 2. The molecule has 2 heterocycles. The lowest BCUT2D eigenvalue weighted by molar-refractivity contribution is -0.136. The van der Waals surface area contributed by atoms with Crippen LogP contribution in [0.25, 0.3) is 22.2 Å². The van der Waals surface area contributed by atoms with Crippen LogP contribution in [0.3, 0.4) is 0 Å². The molecule has 0 bridgehead atoms. The van der Waals surface area contributed by atoms with E-state index in [-0.39, 0.29) is 16.6 Å². The molecule has 0 spiro atoms. The van der Waals surface area contributed by atoms with Crippen LogP contribution in [0.1, 0.15) is 29.5 Å². The summed E-state index contributed by atoms with van der Waals surface area (Å²) < 4.78 is 84.8. The molecule has 3 aromatic carbocycles. The molecule has 4 nitrogen and oxygen atoms in total. The number of benzene rings is 3. The van der Waals surface area contributed by atoms with Crippen LogP contribution < -0.4 is 5.32 Å². The fourth-order valence-corrected chi connectivity index (χ4v) is 4.60. The summed E-state index contributed by atoms with van der Waals surface area (Å²) in [7, 11) is 0. The summed E-state index contributed by atoms with van der Waals surface area (Å²) in [5.41, 5.74) is -0.795. The zero-order valence-corrected chi connectivity index (χ0v) is 19.8. The molecule has 0 aliphatic carbocycles. The standard InChI is InChI=1S/C28H21F6N3O/c29-18-13-22(30)20(23(31)14-18)15-37-27(19-6-2-7-21(26(19)36-37)28(32,33)34)17-5-1-4-16(12-17)9-10-24-25(38)8-3-11-35-24/h1-2,4-7,12-14,24-25,35,38H,3,8,11,15H2. The molecule has 1 aliphatic rings. The molecule has 0 amide bonds. The highest BCUT2D eigenvalue weighted by Gasteiger charge is 2.34. The maximum atomic E-state index is 14.5. The van der Waals surface area contributed by atoms with Gasteiger partial charge >= 0.3 is 6.18 Å². The Morgan fingerprint density at radius 3 is 2.47 bits per heavy atom. The Morgan fingerprint density at radius 2 is 1.76 bits per heavy atom. The van der Waals surface area contributed by atoms with Crippen LogP contribution in [0.4, 0.5) is 26.3 Å². The van der Waals surface area contributed by atoms with Gasteiger partial charge in [0.1, 0.15) is 23.0 Å². The average Bonchev–Trinajstić information content (AvgIpc) is 3.23. The first-order chi connectivity index (χ1) is 18.1. The molecule has 10 heteroatoms. The Kier molecular flexibility index (Phi) is 6.90. The van der Waals surface area contributed by atoms with Crippen LogP contribution in [0.5, 0.6) is 0 Å². The maximum absolute atomic E-state index is 14.5. The van der Waals surface area contributed by atoms with E-state index >= 15 is 0 Å². The zero-order valence-electron chi connectivity index (χ0n) is 19.8. The van der Waals surface area contributed by atoms with Gasteiger partial charge in [0, 0.05) is 34.2 Å². The molecule has 1 fully saturated rings. The second-order valence-corrected chi connectivity index (χ2v) is 9.05. The predicted molar refractivity (Wildman–Crippen MR) is 129 cm³/mol. The molecule has 0 radical (unpaired) electrons. The summed E-state index contributed by atoms with van der Waals surface area (Å²) in [5, 5.41) is 17.5. The number of nitrogens with zero attached hydrogens (tertiary/aromatic N) is 2. The highest BCUT2D eigenvalue weighted by Crippen LogP contribution is 2.38. The van der Waals surface area contributed by atoms with Gasteiger partial charge in [-0.15, -0.1) is 0 Å². The van der Waals surface area contributed by atoms with Gasteiger partial charge in [0.2, 0.25) is 0 Å². The monoisotopic (exact) mass is 529 g/mol. The number of rotatable bonds is 3. The Morgan fingerprint density at radius 1 is 1.03 bits per heavy atom. The second kappa shape index (κ2) is 10.2. The van der Waals surface area contributed by atoms with Crippen LogP contribution in [-0.4, -0.2) is 33.6 Å². The Hall–Kier alpha value is -3.81. The maximum Gasteiger partial charge on any atom is 0.418 e. The van der Waals surface area contributed by atoms with E-state index in [2.05, 4.69) is 22.3 Å². The largest absolute Gasteiger partial charge is 0.418 e. The van der Waals surface area contributed by atoms with E-state index in [4.69, 9.17) is 0 Å². The van der Waals surface area contributed by atoms with Gasteiger partial charge in [-0.05, 0) is 37.6 Å². The summed E-state index contributed by atoms with van der Waals surface area (Å²) in [6.07, 6.45) is -3.88. The van der Waals surface area contributed by atoms with E-state index in [1.165, 1.54) is 12.1 Å². The molecule has 38 heavy (non-hydrogen) atoms. The molecule has 1 aliphatic heterocycles. The van der Waals surface area contributed by atoms with E-state index < -0.39 is 53.4 Å². The topological polar surface area (TPSA) is 50.1 Å². The lowest BCUT2D eigenvalue weighted by atomic mass is 10.0. The van der Waals surface area contributed by atoms with E-state index in [9.17, 15) is 31.4 Å². The molecule has 1 aromatic heterocycles. The number of nitrogens with one attached hydrogen (secondary N) is 1. The Balaban J connectivity index is 1.65. The number of hydrogen-bond acceptors (Lipinski definition) is 3. The number of aliphatic hydroxyl groups is 1. The highest BCUT2D eigenvalue weighted by molar-refractivity contribution is 5.95. The fraction of sp³-hybridized carbons (Fsp3) is 0.250. The first-order valence-electron chi connectivity index (χ1n) is 11.9. The van der Waals surface area contributed by atoms with Crippen molar-refractivity contribution in [1.29, 1.82) is 0 Å². The molecular weight excluding hydrogens is 508 g/mol. The number of halogens is 6. The van der Waals surface area contributed by atoms with Crippen molar-refractivity contribution in [2.45, 2.75) is 37.7 Å². The third kappa shape index (κ3) is 5.12. The normalized spacial score (nSPS) is 17.9. The van der Waals surface area contributed by atoms with Crippen LogP contribution in [0.2, 0.25) is 0 Å². The fourth-order valence-electron chi connectivity index (χ4n) is 4.60. The first kappa shape index (κ1) is 25.8. The van der Waals surface area contributed by atoms with Crippen molar-refractivity contribution in [2.75, 3.05) is 6.54 Å². The number of alkyl halides is 3. The smallest absolute Gasteiger partial charge is 0.390 e. The number of fused-ring (bicyclic) bond motifs is 1. The van der Waals surface area contributed by atoms with E-state index in [1.807, 2.05) is 0 Å². The first-order valence-corrected chi connectivity index (χ1v) is 11.9. The predicted octanol–water partition coefficient (Wildman–Crippen LogP) is 5.65. The molecule has 196 valence electrons. The minimum absolute atomic E-state index is 0.122. The van der Waals surface area contributed by atoms with Gasteiger partial charge in [0.05, 0.1) is 29.9 Å². The summed E-state index contributed by atoms with van der Waals surface area (Å²) >= 11 is 0. The van der Waals surface area contributed by atoms with Gasteiger partial charge in [-0.25, -0.2) is 13.2 Å². The summed E-state index contributed by atoms with van der Waals surface area (Å²) in [6.45, 7) is 0.146. The van der Waals surface area contributed by atoms with E-state index in [0.717, 1.165) is 23.7 Å². The molecule has 1 saturated heterocycles. The van der Waals surface area contributed by atoms with Crippen molar-refractivity contribution in [3.05, 3.63) is 88.7 Å². The van der Waals surface area contributed by atoms with Crippen molar-refractivity contribution in [3.63, 3.8) is 0 Å². The number of aliphatic hydroxyl groups excluding tert-OH is 1. The van der Waals surface area contributed by atoms with Crippen molar-refractivity contribution >= 4 is 10.9 Å². The van der Waals surface area contributed by atoms with Crippen molar-refractivity contribution < 1.29 is 31.4 Å². The van der Waals surface area contributed by atoms with Crippen molar-refractivity contribution in [3.8, 4) is 23.1 Å². The lowest BCUT2D eigenvalue weighted by Crippen LogP contribution is -2.43. The molecular formula is C28H21F6N3O. The van der Waals surface area contributed by atoms with Crippen LogP contribution in [0.15, 0.2) is 54.6 Å². The molecule has 5 rings (SSSR count). The number of hydrogen-bond donors (Lipinski definition) is 2. The molecule has 0 saturated carbocycles. The van der Waals surface area contributed by atoms with Crippen LogP contribution in [0, 0.1) is 29.3 Å². The van der Waals surface area contributed by atoms with Crippen LogP contribution >= 0.6 is 0 Å². The quantitative estimate of drug-likeness (QED) is 0.266. The van der Waals surface area contributed by atoms with Gasteiger partial charge in [0.25, 0.3) is 0 Å². The second-order valence-electron chi connectivity index (χ2n) is 9.05. The van der Waals surface area contributed by atoms with Gasteiger partial charge < -0.3 is 10.4 Å². The van der Waals surface area contributed by atoms with Gasteiger partial charge in [0.15, 0.2) is 0 Å². The molecule has 4 aromatic rings. The minimum Gasteiger partial charge on any atom is -0.390 e. The van der Waals surface area contributed by atoms with Crippen molar-refractivity contribution in [1.82, 2.24) is 15.1 Å². The zero-order chi connectivity index (χ0) is 27.0. The van der Waals surface area contributed by atoms with E-state index in [0.29, 0.717) is 29.7 Å². The summed E-state index contributed by atoms with van der Waals surface area (Å²) in [5.74, 6) is 2.49. The van der Waals surface area contributed by atoms with Gasteiger partial charge in [-0.2, -0.15) is 18.3 Å². The third-order valence-electron chi connectivity index (χ3n) is 6.42. The SMILES string of the molecule is OC1CCCNC1C#Cc1cccc(-c2c3cccc(C(F)(F)F)c3nn2Cc2c(F)cc(F)cc2F)c1. The minimum atomic E-state index is -4.72. The summed E-state index contributed by atoms with van der Waals surface area (Å²) in [6, 6.07) is 10.8. The summed E-state index contributed by atoms with van der Waals surface area (Å²) in [4.78, 5) is 0. The van der Waals surface area contributed by atoms with Gasteiger partial charge in [-0.3, -0.25) is 4.68 Å². The van der Waals surface area contributed by atoms with Crippen LogP contribution in [-0.2, 0) is 12.7 Å². The number of piperidine rings is 1. The lowest BCUT2D eigenvalue weighted by Gasteiger charge is -2.24. The van der Waals surface area contributed by atoms with Gasteiger partial charge in [-0.1, -0.05) is 36.1 Å². The highest BCUT2D eigenvalue weighted by atomic mass is 19.4.